The van der Waals surface area contributed by atoms with Gasteiger partial charge in [0.2, 0.25) is 0 Å². The first-order chi connectivity index (χ1) is 31.5. The van der Waals surface area contributed by atoms with Crippen LogP contribution in [0.2, 0.25) is 0 Å². The predicted octanol–water partition coefficient (Wildman–Crippen LogP) is 12.1. The van der Waals surface area contributed by atoms with Crippen LogP contribution in [-0.2, 0) is 52.7 Å². The van der Waals surface area contributed by atoms with Crippen LogP contribution in [0.15, 0.2) is 202 Å². The van der Waals surface area contributed by atoms with Crippen LogP contribution in [-0.4, -0.2) is 43.0 Å². The molecule has 6 aromatic carbocycles. The Bertz CT molecular complexity index is 2300. The second-order valence-electron chi connectivity index (χ2n) is 14.0. The fourth-order valence-electron chi connectivity index (χ4n) is 6.71. The molecular formula is C54H54Br3O7P. The minimum Gasteiger partial charge on any atom is -0.463 e. The molecule has 0 atom stereocenters. The van der Waals surface area contributed by atoms with Crippen LogP contribution in [0, 0.1) is 0 Å². The van der Waals surface area contributed by atoms with Crippen LogP contribution in [0.1, 0.15) is 43.9 Å². The summed E-state index contributed by atoms with van der Waals surface area (Å²) in [7, 11) is 0. The van der Waals surface area contributed by atoms with Gasteiger partial charge in [-0.1, -0.05) is 96.3 Å². The van der Waals surface area contributed by atoms with Gasteiger partial charge in [0.05, 0.1) is 13.2 Å². The summed E-state index contributed by atoms with van der Waals surface area (Å²) in [6, 6.07) is 53.3. The summed E-state index contributed by atoms with van der Waals surface area (Å²) < 4.78 is 12.6. The van der Waals surface area contributed by atoms with Gasteiger partial charge in [0, 0.05) is 32.0 Å². The maximum atomic E-state index is 13.6. The third kappa shape index (κ3) is 16.2. The van der Waals surface area contributed by atoms with Gasteiger partial charge in [0.25, 0.3) is 0 Å². The van der Waals surface area contributed by atoms with E-state index >= 15 is 0 Å². The van der Waals surface area contributed by atoms with Crippen molar-refractivity contribution in [2.24, 2.45) is 0 Å². The van der Waals surface area contributed by atoms with Crippen LogP contribution in [0.5, 0.6) is 0 Å². The first kappa shape index (κ1) is 54.0. The Morgan fingerprint density at radius 3 is 1.09 bits per heavy atom. The molecule has 0 saturated carbocycles. The van der Waals surface area contributed by atoms with Crippen molar-refractivity contribution in [1.82, 2.24) is 0 Å². The Labute approximate surface area is 408 Å². The van der Waals surface area contributed by atoms with Crippen molar-refractivity contribution in [3.63, 3.8) is 0 Å². The molecule has 0 bridgehead atoms. The van der Waals surface area contributed by atoms with E-state index in [0.717, 1.165) is 71.2 Å². The zero-order valence-electron chi connectivity index (χ0n) is 36.7. The monoisotopic (exact) mass is 1080 g/mol. The van der Waals surface area contributed by atoms with Crippen molar-refractivity contribution in [2.45, 2.75) is 46.5 Å². The maximum absolute atomic E-state index is 13.6. The number of esters is 2. The van der Waals surface area contributed by atoms with Crippen molar-refractivity contribution in [3.8, 4) is 0 Å². The molecule has 338 valence electrons. The number of benzene rings is 6. The zero-order valence-corrected chi connectivity index (χ0v) is 42.4. The van der Waals surface area contributed by atoms with Gasteiger partial charge in [-0.3, -0.25) is 0 Å². The largest absolute Gasteiger partial charge is 0.463 e. The van der Waals surface area contributed by atoms with E-state index < -0.39 is 6.60 Å². The molecule has 6 rings (SSSR count). The molecule has 0 aromatic heterocycles. The van der Waals surface area contributed by atoms with E-state index in [9.17, 15) is 24.0 Å². The fraction of sp³-hybridized carbons (Fsp3) is 0.167. The molecule has 7 nitrogen and oxygen atoms in total. The fourth-order valence-corrected chi connectivity index (χ4v) is 13.3. The molecule has 0 aliphatic heterocycles. The number of halogens is 3. The molecule has 0 spiro atoms. The average Bonchev–Trinajstić information content (AvgIpc) is 3.32. The first-order valence-electron chi connectivity index (χ1n) is 21.0. The second kappa shape index (κ2) is 29.2. The molecule has 0 unspecified atom stereocenters. The summed E-state index contributed by atoms with van der Waals surface area (Å²) in [5, 5.41) is 2.40. The molecule has 65 heavy (non-hydrogen) atoms. The van der Waals surface area contributed by atoms with Crippen LogP contribution >= 0.6 is 54.4 Å². The van der Waals surface area contributed by atoms with E-state index in [1.807, 2.05) is 171 Å². The summed E-state index contributed by atoms with van der Waals surface area (Å²) in [6.45, 7) is 2.37. The van der Waals surface area contributed by atoms with Crippen molar-refractivity contribution >= 4 is 100 Å². The smallest absolute Gasteiger partial charge is 0.330 e. The van der Waals surface area contributed by atoms with Crippen LogP contribution in [0.4, 0.5) is 0 Å². The molecule has 0 aliphatic carbocycles. The minimum absolute atomic E-state index is 0.00963. The molecule has 11 heteroatoms. The zero-order chi connectivity index (χ0) is 47.4. The average molecular weight is 1090 g/mol. The summed E-state index contributed by atoms with van der Waals surface area (Å²) in [5.74, 6) is -0.569. The Morgan fingerprint density at radius 2 is 0.815 bits per heavy atom. The van der Waals surface area contributed by atoms with Crippen LogP contribution < -0.4 is 15.9 Å². The van der Waals surface area contributed by atoms with E-state index in [0.29, 0.717) is 26.1 Å². The van der Waals surface area contributed by atoms with Crippen molar-refractivity contribution in [3.05, 3.63) is 218 Å². The number of ether oxygens (including phenoxy) is 2. The maximum Gasteiger partial charge on any atom is 0.330 e. The van der Waals surface area contributed by atoms with Crippen LogP contribution in [0.3, 0.4) is 0 Å². The Hall–Kier alpha value is -5.38. The van der Waals surface area contributed by atoms with Gasteiger partial charge in [0.15, 0.2) is 0 Å². The number of carbonyl (C=O) groups is 5. The van der Waals surface area contributed by atoms with E-state index in [-0.39, 0.29) is 17.5 Å². The second-order valence-corrected chi connectivity index (χ2v) is 21.4. The molecular weight excluding hydrogens is 1030 g/mol. The Balaban J connectivity index is 0.000000244. The van der Waals surface area contributed by atoms with Gasteiger partial charge in [-0.05, 0) is 79.8 Å². The standard InChI is InChI=1S/C22H21O2P.2C12H13BrO2.C8H7BrO/c1-2-22(24)25(18-23,19-12-6-3-7-13-19,20-14-8-4-9-15-20)21-16-10-5-11-17-21;2*1-2-15-12(14)8-4-6-10-5-3-7-11(13)9-10;9-8-3-1-2-7(6-8)4-5-10/h3-18H,2H2,1H3;2*3-5,7-9H,2,6H2,1H3;1-3,5-6H,4H2/b;8-4+;8-4-;. The predicted molar refractivity (Wildman–Crippen MR) is 278 cm³/mol. The summed E-state index contributed by atoms with van der Waals surface area (Å²) in [4.78, 5) is 58.6. The number of allylic oxidation sites excluding steroid dienone is 2. The summed E-state index contributed by atoms with van der Waals surface area (Å²) >= 11 is 10.1. The van der Waals surface area contributed by atoms with Gasteiger partial charge in [-0.15, -0.1) is 0 Å². The Morgan fingerprint density at radius 1 is 0.477 bits per heavy atom. The molecule has 0 heterocycles. The van der Waals surface area contributed by atoms with Gasteiger partial charge in [-0.2, -0.15) is 0 Å². The molecule has 6 aromatic rings. The van der Waals surface area contributed by atoms with E-state index in [2.05, 4.69) is 47.8 Å². The Kier molecular flexibility index (Phi) is 24.3. The van der Waals surface area contributed by atoms with Crippen molar-refractivity contribution in [2.75, 3.05) is 13.2 Å². The number of hydrogen-bond donors (Lipinski definition) is 0. The van der Waals surface area contributed by atoms with Gasteiger partial charge in [-0.25, -0.2) is 9.59 Å². The van der Waals surface area contributed by atoms with E-state index in [4.69, 9.17) is 9.47 Å². The number of carbonyl (C=O) groups excluding carboxylic acids is 5. The molecule has 0 aliphatic rings. The summed E-state index contributed by atoms with van der Waals surface area (Å²) in [6.07, 6.45) is 9.71. The van der Waals surface area contributed by atoms with E-state index in [1.165, 1.54) is 12.2 Å². The van der Waals surface area contributed by atoms with Gasteiger partial charge in [0.1, 0.15) is 6.29 Å². The minimum atomic E-state index is -3.88. The third-order valence-corrected chi connectivity index (χ3v) is 17.0. The van der Waals surface area contributed by atoms with Gasteiger partial charge >= 0.3 is 160 Å². The van der Waals surface area contributed by atoms with Gasteiger partial charge < -0.3 is 14.3 Å². The normalized spacial score (nSPS) is 11.2. The molecule has 0 radical (unpaired) electrons. The molecule has 0 fully saturated rings. The first-order valence-corrected chi connectivity index (χ1v) is 25.7. The van der Waals surface area contributed by atoms with Crippen molar-refractivity contribution < 1.29 is 33.4 Å². The SMILES string of the molecule is CCC(=O)P(C=O)(c1ccccc1)(c1ccccc1)c1ccccc1.CCOC(=O)/C=C/Cc1cccc(Br)c1.CCOC(=O)/C=C\Cc1cccc(Br)c1.O=CCc1cccc(Br)c1. The molecule has 0 saturated heterocycles. The van der Waals surface area contributed by atoms with E-state index in [1.54, 1.807) is 26.0 Å². The molecule has 0 N–H and O–H groups in total. The number of hydrogen-bond acceptors (Lipinski definition) is 7. The van der Waals surface area contributed by atoms with Crippen molar-refractivity contribution in [1.29, 1.82) is 0 Å². The third-order valence-electron chi connectivity index (χ3n) is 9.68. The summed E-state index contributed by atoms with van der Waals surface area (Å²) in [5.41, 5.74) is 3.35. The number of rotatable bonds is 16. The quantitative estimate of drug-likeness (QED) is 0.0411. The molecule has 0 amide bonds. The van der Waals surface area contributed by atoms with Crippen LogP contribution in [0.25, 0.3) is 0 Å². The number of aldehydes is 1. The topological polar surface area (TPSA) is 104 Å².